The molecule has 0 amide bonds. The molecule has 0 unspecified atom stereocenters. The number of aliphatic hydroxyl groups excluding tert-OH is 1. The van der Waals surface area contributed by atoms with E-state index in [9.17, 15) is 0 Å². The zero-order valence-corrected chi connectivity index (χ0v) is 11.7. The molecule has 1 aromatic rings. The van der Waals surface area contributed by atoms with Crippen LogP contribution in [-0.4, -0.2) is 39.8 Å². The maximum atomic E-state index is 9.11. The van der Waals surface area contributed by atoms with E-state index >= 15 is 0 Å². The minimum atomic E-state index is -0.394. The standard InChI is InChI=1S/C12H21BN2O3/c1-9(8-16)15-7-10(6-14-15)13-17-11(2,3)12(4,5)18-13/h6-7,9,16H,8H2,1-5H3/t9-/m1/s1. The van der Waals surface area contributed by atoms with Crippen molar-refractivity contribution in [1.82, 2.24) is 9.78 Å². The zero-order chi connectivity index (χ0) is 13.6. The normalized spacial score (nSPS) is 23.3. The maximum Gasteiger partial charge on any atom is 0.498 e. The van der Waals surface area contributed by atoms with Crippen molar-refractivity contribution in [3.8, 4) is 0 Å². The lowest BCUT2D eigenvalue weighted by molar-refractivity contribution is 0.00578. The van der Waals surface area contributed by atoms with Crippen molar-refractivity contribution >= 4 is 12.6 Å². The van der Waals surface area contributed by atoms with E-state index in [1.54, 1.807) is 10.9 Å². The molecule has 0 radical (unpaired) electrons. The molecule has 2 rings (SSSR count). The summed E-state index contributed by atoms with van der Waals surface area (Å²) in [5.41, 5.74) is 0.194. The maximum absolute atomic E-state index is 9.11. The van der Waals surface area contributed by atoms with E-state index in [0.29, 0.717) is 0 Å². The predicted octanol–water partition coefficient (Wildman–Crippen LogP) is 0.736. The van der Waals surface area contributed by atoms with Crippen LogP contribution < -0.4 is 5.46 Å². The summed E-state index contributed by atoms with van der Waals surface area (Å²) in [4.78, 5) is 0. The second-order valence-corrected chi connectivity index (χ2v) is 5.87. The van der Waals surface area contributed by atoms with Gasteiger partial charge in [0.25, 0.3) is 0 Å². The highest BCUT2D eigenvalue weighted by atomic mass is 16.7. The summed E-state index contributed by atoms with van der Waals surface area (Å²) in [7, 11) is -0.394. The van der Waals surface area contributed by atoms with E-state index in [1.165, 1.54) is 0 Å². The molecule has 0 aliphatic carbocycles. The van der Waals surface area contributed by atoms with Gasteiger partial charge in [-0.05, 0) is 34.6 Å². The van der Waals surface area contributed by atoms with Gasteiger partial charge in [0.15, 0.2) is 0 Å². The summed E-state index contributed by atoms with van der Waals surface area (Å²) in [6.07, 6.45) is 3.59. The Balaban J connectivity index is 2.17. The smallest absolute Gasteiger partial charge is 0.399 e. The number of aliphatic hydroxyl groups is 1. The summed E-state index contributed by atoms with van der Waals surface area (Å²) < 4.78 is 13.6. The molecule has 1 N–H and O–H groups in total. The van der Waals surface area contributed by atoms with Crippen LogP contribution in [0.25, 0.3) is 0 Å². The third-order valence-electron chi connectivity index (χ3n) is 3.86. The van der Waals surface area contributed by atoms with Gasteiger partial charge in [-0.2, -0.15) is 5.10 Å². The van der Waals surface area contributed by atoms with Gasteiger partial charge in [0.1, 0.15) is 0 Å². The molecule has 1 atom stereocenters. The van der Waals surface area contributed by atoms with Gasteiger partial charge in [0, 0.05) is 17.9 Å². The summed E-state index contributed by atoms with van der Waals surface area (Å²) in [5, 5.41) is 13.3. The fraction of sp³-hybridized carbons (Fsp3) is 0.750. The topological polar surface area (TPSA) is 56.5 Å². The molecule has 18 heavy (non-hydrogen) atoms. The molecule has 0 spiro atoms. The second kappa shape index (κ2) is 4.37. The van der Waals surface area contributed by atoms with Crippen molar-refractivity contribution in [2.24, 2.45) is 0 Å². The largest absolute Gasteiger partial charge is 0.498 e. The molecular weight excluding hydrogens is 231 g/mol. The molecule has 0 saturated carbocycles. The Morgan fingerprint density at radius 2 is 1.89 bits per heavy atom. The van der Waals surface area contributed by atoms with Crippen molar-refractivity contribution in [2.45, 2.75) is 51.9 Å². The number of hydrogen-bond acceptors (Lipinski definition) is 4. The molecule has 2 heterocycles. The quantitative estimate of drug-likeness (QED) is 0.806. The lowest BCUT2D eigenvalue weighted by Crippen LogP contribution is -2.41. The molecule has 1 saturated heterocycles. The Hall–Kier alpha value is -0.845. The third kappa shape index (κ3) is 2.20. The lowest BCUT2D eigenvalue weighted by Gasteiger charge is -2.32. The van der Waals surface area contributed by atoms with Crippen LogP contribution in [0.3, 0.4) is 0 Å². The Kier molecular flexibility index (Phi) is 3.29. The first kappa shape index (κ1) is 13.6. The highest BCUT2D eigenvalue weighted by Crippen LogP contribution is 2.36. The van der Waals surface area contributed by atoms with E-state index in [1.807, 2.05) is 40.8 Å². The summed E-state index contributed by atoms with van der Waals surface area (Å²) in [6, 6.07) is -0.0406. The summed E-state index contributed by atoms with van der Waals surface area (Å²) >= 11 is 0. The Morgan fingerprint density at radius 3 is 2.39 bits per heavy atom. The van der Waals surface area contributed by atoms with Gasteiger partial charge in [0.05, 0.1) is 23.9 Å². The molecule has 0 bridgehead atoms. The molecule has 1 aliphatic rings. The fourth-order valence-electron chi connectivity index (χ4n) is 1.78. The van der Waals surface area contributed by atoms with Crippen molar-refractivity contribution in [3.63, 3.8) is 0 Å². The van der Waals surface area contributed by atoms with Crippen LogP contribution in [0.1, 0.15) is 40.7 Å². The average molecular weight is 252 g/mol. The molecule has 1 aromatic heterocycles. The molecule has 0 aromatic carbocycles. The highest BCUT2D eigenvalue weighted by Gasteiger charge is 2.52. The lowest BCUT2D eigenvalue weighted by atomic mass is 9.82. The first-order valence-electron chi connectivity index (χ1n) is 6.27. The number of aromatic nitrogens is 2. The summed E-state index contributed by atoms with van der Waals surface area (Å²) in [6.45, 7) is 10.1. The zero-order valence-electron chi connectivity index (χ0n) is 11.7. The van der Waals surface area contributed by atoms with Gasteiger partial charge in [-0.25, -0.2) is 0 Å². The predicted molar refractivity (Wildman–Crippen MR) is 69.7 cm³/mol. The van der Waals surface area contributed by atoms with Gasteiger partial charge in [-0.15, -0.1) is 0 Å². The highest BCUT2D eigenvalue weighted by molar-refractivity contribution is 6.61. The number of rotatable bonds is 3. The molecule has 1 aliphatic heterocycles. The van der Waals surface area contributed by atoms with Crippen LogP contribution in [0.5, 0.6) is 0 Å². The van der Waals surface area contributed by atoms with Crippen molar-refractivity contribution < 1.29 is 14.4 Å². The van der Waals surface area contributed by atoms with Crippen LogP contribution in [0.4, 0.5) is 0 Å². The van der Waals surface area contributed by atoms with Gasteiger partial charge in [-0.1, -0.05) is 0 Å². The average Bonchev–Trinajstić information content (AvgIpc) is 2.82. The fourth-order valence-corrected chi connectivity index (χ4v) is 1.78. The Morgan fingerprint density at radius 1 is 1.33 bits per heavy atom. The molecule has 5 nitrogen and oxygen atoms in total. The van der Waals surface area contributed by atoms with Crippen LogP contribution in [-0.2, 0) is 9.31 Å². The number of hydrogen-bond donors (Lipinski definition) is 1. The van der Waals surface area contributed by atoms with E-state index in [-0.39, 0.29) is 23.9 Å². The minimum Gasteiger partial charge on any atom is -0.399 e. The minimum absolute atomic E-state index is 0.0406. The SMILES string of the molecule is C[C@H](CO)n1cc(B2OC(C)(C)C(C)(C)O2)cn1. The monoisotopic (exact) mass is 252 g/mol. The van der Waals surface area contributed by atoms with E-state index in [4.69, 9.17) is 14.4 Å². The summed E-state index contributed by atoms with van der Waals surface area (Å²) in [5.74, 6) is 0. The molecule has 100 valence electrons. The first-order chi connectivity index (χ1) is 8.27. The molecule has 1 fully saturated rings. The first-order valence-corrected chi connectivity index (χ1v) is 6.27. The van der Waals surface area contributed by atoms with E-state index in [2.05, 4.69) is 5.10 Å². The molecule has 6 heteroatoms. The van der Waals surface area contributed by atoms with Crippen molar-refractivity contribution in [3.05, 3.63) is 12.4 Å². The van der Waals surface area contributed by atoms with Crippen molar-refractivity contribution in [1.29, 1.82) is 0 Å². The Labute approximate surface area is 108 Å². The van der Waals surface area contributed by atoms with Crippen LogP contribution >= 0.6 is 0 Å². The van der Waals surface area contributed by atoms with Crippen LogP contribution in [0.15, 0.2) is 12.4 Å². The van der Waals surface area contributed by atoms with Crippen LogP contribution in [0.2, 0.25) is 0 Å². The van der Waals surface area contributed by atoms with Gasteiger partial charge in [0.2, 0.25) is 0 Å². The van der Waals surface area contributed by atoms with E-state index in [0.717, 1.165) is 5.46 Å². The van der Waals surface area contributed by atoms with Gasteiger partial charge < -0.3 is 14.4 Å². The Bertz CT molecular complexity index is 415. The second-order valence-electron chi connectivity index (χ2n) is 5.87. The van der Waals surface area contributed by atoms with Crippen LogP contribution in [0, 0.1) is 0 Å². The van der Waals surface area contributed by atoms with Crippen molar-refractivity contribution in [2.75, 3.05) is 6.61 Å². The third-order valence-corrected chi connectivity index (χ3v) is 3.86. The van der Waals surface area contributed by atoms with E-state index < -0.39 is 7.12 Å². The molecular formula is C12H21BN2O3. The van der Waals surface area contributed by atoms with Gasteiger partial charge in [-0.3, -0.25) is 4.68 Å². The van der Waals surface area contributed by atoms with Gasteiger partial charge >= 0.3 is 7.12 Å². The number of nitrogens with zero attached hydrogens (tertiary/aromatic N) is 2.